The molecule has 2 unspecified atom stereocenters. The van der Waals surface area contributed by atoms with E-state index in [0.717, 1.165) is 18.5 Å². The first-order valence-corrected chi connectivity index (χ1v) is 6.12. The van der Waals surface area contributed by atoms with Gasteiger partial charge in [-0.1, -0.05) is 6.92 Å². The molecule has 1 aliphatic rings. The Morgan fingerprint density at radius 1 is 1.53 bits per heavy atom. The van der Waals surface area contributed by atoms with Crippen molar-refractivity contribution in [2.45, 2.75) is 32.4 Å². The average molecular weight is 233 g/mol. The van der Waals surface area contributed by atoms with Gasteiger partial charge in [-0.3, -0.25) is 9.78 Å². The predicted octanol–water partition coefficient (Wildman–Crippen LogP) is 1.26. The average Bonchev–Trinajstić information content (AvgIpc) is 2.76. The molecular weight excluding hydrogens is 214 g/mol. The zero-order valence-corrected chi connectivity index (χ0v) is 10.3. The van der Waals surface area contributed by atoms with Crippen LogP contribution in [0.1, 0.15) is 31.9 Å². The van der Waals surface area contributed by atoms with Crippen LogP contribution in [-0.4, -0.2) is 23.5 Å². The summed E-state index contributed by atoms with van der Waals surface area (Å²) in [6.45, 7) is 5.04. The number of pyridine rings is 1. The largest absolute Gasteiger partial charge is 0.348 e. The van der Waals surface area contributed by atoms with Gasteiger partial charge < -0.3 is 10.6 Å². The molecule has 1 aromatic rings. The third-order valence-corrected chi connectivity index (χ3v) is 3.38. The second-order valence-electron chi connectivity index (χ2n) is 4.71. The monoisotopic (exact) mass is 233 g/mol. The number of rotatable bonds is 3. The summed E-state index contributed by atoms with van der Waals surface area (Å²) in [5.41, 5.74) is 1.08. The Labute approximate surface area is 102 Å². The summed E-state index contributed by atoms with van der Waals surface area (Å²) in [6.07, 6.45) is 4.56. The van der Waals surface area contributed by atoms with E-state index in [9.17, 15) is 4.79 Å². The van der Waals surface area contributed by atoms with Gasteiger partial charge >= 0.3 is 0 Å². The summed E-state index contributed by atoms with van der Waals surface area (Å²) in [6, 6.07) is 3.84. The number of aromatic nitrogens is 1. The Kier molecular flexibility index (Phi) is 3.74. The standard InChI is InChI=1S/C13H19N3O/c1-9-3-8-15-12(9)13(17)16-10(2)11-4-6-14-7-5-11/h4-7,9-10,12,15H,3,8H2,1-2H3,(H,16,17)/t9?,10-,12?/m0/s1. The fraction of sp³-hybridized carbons (Fsp3) is 0.538. The second kappa shape index (κ2) is 5.27. The first-order chi connectivity index (χ1) is 8.18. The van der Waals surface area contributed by atoms with Crippen LogP contribution in [0.4, 0.5) is 0 Å². The van der Waals surface area contributed by atoms with Gasteiger partial charge in [-0.05, 0) is 43.5 Å². The van der Waals surface area contributed by atoms with Crippen molar-refractivity contribution in [2.75, 3.05) is 6.54 Å². The van der Waals surface area contributed by atoms with E-state index in [-0.39, 0.29) is 18.0 Å². The van der Waals surface area contributed by atoms with Crippen molar-refractivity contribution < 1.29 is 4.79 Å². The van der Waals surface area contributed by atoms with Crippen LogP contribution in [0.5, 0.6) is 0 Å². The summed E-state index contributed by atoms with van der Waals surface area (Å²) >= 11 is 0. The smallest absolute Gasteiger partial charge is 0.237 e. The number of hydrogen-bond donors (Lipinski definition) is 2. The highest BCUT2D eigenvalue weighted by molar-refractivity contribution is 5.82. The quantitative estimate of drug-likeness (QED) is 0.826. The summed E-state index contributed by atoms with van der Waals surface area (Å²) in [7, 11) is 0. The first-order valence-electron chi connectivity index (χ1n) is 6.12. The summed E-state index contributed by atoms with van der Waals surface area (Å²) in [5, 5.41) is 6.28. The van der Waals surface area contributed by atoms with Gasteiger partial charge in [0, 0.05) is 12.4 Å². The maximum absolute atomic E-state index is 12.1. The van der Waals surface area contributed by atoms with Crippen LogP contribution >= 0.6 is 0 Å². The lowest BCUT2D eigenvalue weighted by atomic mass is 10.0. The molecule has 0 saturated carbocycles. The lowest BCUT2D eigenvalue weighted by Crippen LogP contribution is -2.44. The number of nitrogens with zero attached hydrogens (tertiary/aromatic N) is 1. The Hall–Kier alpha value is -1.42. The van der Waals surface area contributed by atoms with E-state index in [4.69, 9.17) is 0 Å². The van der Waals surface area contributed by atoms with Crippen molar-refractivity contribution in [3.05, 3.63) is 30.1 Å². The fourth-order valence-corrected chi connectivity index (χ4v) is 2.22. The SMILES string of the molecule is CC1CCNC1C(=O)N[C@@H](C)c1ccncc1. The van der Waals surface area contributed by atoms with Crippen molar-refractivity contribution in [2.24, 2.45) is 5.92 Å². The summed E-state index contributed by atoms with van der Waals surface area (Å²) < 4.78 is 0. The molecule has 0 aliphatic carbocycles. The van der Waals surface area contributed by atoms with Crippen molar-refractivity contribution >= 4 is 5.91 Å². The number of hydrogen-bond acceptors (Lipinski definition) is 3. The molecule has 0 bridgehead atoms. The first kappa shape index (κ1) is 12.0. The molecule has 3 atom stereocenters. The Morgan fingerprint density at radius 3 is 2.82 bits per heavy atom. The topological polar surface area (TPSA) is 54.0 Å². The number of carbonyl (C=O) groups is 1. The van der Waals surface area contributed by atoms with Crippen molar-refractivity contribution in [1.82, 2.24) is 15.6 Å². The minimum Gasteiger partial charge on any atom is -0.348 e. The van der Waals surface area contributed by atoms with E-state index in [1.807, 2.05) is 19.1 Å². The van der Waals surface area contributed by atoms with Crippen LogP contribution in [0.3, 0.4) is 0 Å². The lowest BCUT2D eigenvalue weighted by molar-refractivity contribution is -0.124. The normalized spacial score (nSPS) is 25.5. The molecule has 2 N–H and O–H groups in total. The third kappa shape index (κ3) is 2.82. The molecule has 1 fully saturated rings. The number of carbonyl (C=O) groups excluding carboxylic acids is 1. The minimum absolute atomic E-state index is 0.0279. The minimum atomic E-state index is -0.0423. The maximum Gasteiger partial charge on any atom is 0.237 e. The molecule has 2 heterocycles. The second-order valence-corrected chi connectivity index (χ2v) is 4.71. The van der Waals surface area contributed by atoms with E-state index < -0.39 is 0 Å². The third-order valence-electron chi connectivity index (χ3n) is 3.38. The van der Waals surface area contributed by atoms with Crippen molar-refractivity contribution in [3.8, 4) is 0 Å². The molecule has 0 radical (unpaired) electrons. The number of nitrogens with one attached hydrogen (secondary N) is 2. The lowest BCUT2D eigenvalue weighted by Gasteiger charge is -2.19. The van der Waals surface area contributed by atoms with E-state index in [1.54, 1.807) is 12.4 Å². The van der Waals surface area contributed by atoms with E-state index >= 15 is 0 Å². The van der Waals surface area contributed by atoms with Gasteiger partial charge in [0.25, 0.3) is 0 Å². The highest BCUT2D eigenvalue weighted by atomic mass is 16.2. The van der Waals surface area contributed by atoms with Gasteiger partial charge in [-0.15, -0.1) is 0 Å². The van der Waals surface area contributed by atoms with Crippen LogP contribution in [0, 0.1) is 5.92 Å². The Morgan fingerprint density at radius 2 is 2.24 bits per heavy atom. The highest BCUT2D eigenvalue weighted by Crippen LogP contribution is 2.16. The molecule has 1 aromatic heterocycles. The molecule has 17 heavy (non-hydrogen) atoms. The van der Waals surface area contributed by atoms with Crippen LogP contribution in [0.25, 0.3) is 0 Å². The highest BCUT2D eigenvalue weighted by Gasteiger charge is 2.29. The van der Waals surface area contributed by atoms with E-state index in [0.29, 0.717) is 5.92 Å². The zero-order valence-electron chi connectivity index (χ0n) is 10.3. The molecule has 4 heteroatoms. The zero-order chi connectivity index (χ0) is 12.3. The van der Waals surface area contributed by atoms with Gasteiger partial charge in [0.05, 0.1) is 12.1 Å². The molecule has 2 rings (SSSR count). The number of amides is 1. The van der Waals surface area contributed by atoms with Crippen LogP contribution in [0.15, 0.2) is 24.5 Å². The molecule has 0 spiro atoms. The van der Waals surface area contributed by atoms with E-state index in [2.05, 4.69) is 22.5 Å². The predicted molar refractivity (Wildman–Crippen MR) is 66.4 cm³/mol. The van der Waals surface area contributed by atoms with Crippen molar-refractivity contribution in [1.29, 1.82) is 0 Å². The van der Waals surface area contributed by atoms with Gasteiger partial charge in [0.15, 0.2) is 0 Å². The Bertz CT molecular complexity index is 380. The fourth-order valence-electron chi connectivity index (χ4n) is 2.22. The van der Waals surface area contributed by atoms with Crippen LogP contribution in [0.2, 0.25) is 0 Å². The van der Waals surface area contributed by atoms with E-state index in [1.165, 1.54) is 0 Å². The van der Waals surface area contributed by atoms with Gasteiger partial charge in [0.2, 0.25) is 5.91 Å². The molecule has 0 aromatic carbocycles. The van der Waals surface area contributed by atoms with Crippen LogP contribution in [-0.2, 0) is 4.79 Å². The van der Waals surface area contributed by atoms with Crippen molar-refractivity contribution in [3.63, 3.8) is 0 Å². The molecule has 92 valence electrons. The molecule has 1 aliphatic heterocycles. The molecule has 4 nitrogen and oxygen atoms in total. The van der Waals surface area contributed by atoms with Gasteiger partial charge in [-0.2, -0.15) is 0 Å². The Balaban J connectivity index is 1.95. The summed E-state index contributed by atoms with van der Waals surface area (Å²) in [4.78, 5) is 16.0. The molecule has 1 saturated heterocycles. The van der Waals surface area contributed by atoms with Crippen LogP contribution < -0.4 is 10.6 Å². The molecule has 1 amide bonds. The van der Waals surface area contributed by atoms with Gasteiger partial charge in [0.1, 0.15) is 0 Å². The van der Waals surface area contributed by atoms with Gasteiger partial charge in [-0.25, -0.2) is 0 Å². The summed E-state index contributed by atoms with van der Waals surface area (Å²) in [5.74, 6) is 0.513. The molecular formula is C13H19N3O. The maximum atomic E-state index is 12.1.